The first-order valence-electron chi connectivity index (χ1n) is 8.80. The smallest absolute Gasteiger partial charge is 0.240 e. The summed E-state index contributed by atoms with van der Waals surface area (Å²) in [4.78, 5) is 14.0. The van der Waals surface area contributed by atoms with Gasteiger partial charge in [0.15, 0.2) is 0 Å². The standard InChI is InChI=1S/C17H24N2O7S/c20-15(19-6-8-25-9-7-19)10-13-16(21)17(22)14(26-13)11-18-27(23,24)12-4-2-1-3-5-12/h1-5,13-14,16-18,21-22H,6-11H2/t13-,14+,16-,17+/m0/s1. The van der Waals surface area contributed by atoms with Gasteiger partial charge in [0.25, 0.3) is 0 Å². The fourth-order valence-corrected chi connectivity index (χ4v) is 4.22. The van der Waals surface area contributed by atoms with Gasteiger partial charge < -0.3 is 24.6 Å². The topological polar surface area (TPSA) is 125 Å². The van der Waals surface area contributed by atoms with Gasteiger partial charge in [-0.05, 0) is 12.1 Å². The first-order valence-corrected chi connectivity index (χ1v) is 10.3. The minimum atomic E-state index is -3.76. The summed E-state index contributed by atoms with van der Waals surface area (Å²) in [5.41, 5.74) is 0. The van der Waals surface area contributed by atoms with Crippen LogP contribution in [0.1, 0.15) is 6.42 Å². The number of benzene rings is 1. The molecule has 0 unspecified atom stereocenters. The van der Waals surface area contributed by atoms with E-state index >= 15 is 0 Å². The normalized spacial score (nSPS) is 29.0. The second-order valence-electron chi connectivity index (χ2n) is 6.56. The molecule has 2 aliphatic heterocycles. The molecule has 10 heteroatoms. The molecule has 0 radical (unpaired) electrons. The van der Waals surface area contributed by atoms with E-state index in [1.165, 1.54) is 12.1 Å². The molecule has 2 fully saturated rings. The molecule has 2 saturated heterocycles. The van der Waals surface area contributed by atoms with Crippen molar-refractivity contribution in [3.05, 3.63) is 30.3 Å². The van der Waals surface area contributed by atoms with Crippen LogP contribution in [0.5, 0.6) is 0 Å². The number of aliphatic hydroxyl groups is 2. The van der Waals surface area contributed by atoms with Crippen LogP contribution < -0.4 is 4.72 Å². The van der Waals surface area contributed by atoms with Crippen LogP contribution >= 0.6 is 0 Å². The Balaban J connectivity index is 1.55. The molecule has 150 valence electrons. The lowest BCUT2D eigenvalue weighted by Crippen LogP contribution is -2.43. The number of ether oxygens (including phenoxy) is 2. The molecule has 0 saturated carbocycles. The van der Waals surface area contributed by atoms with Gasteiger partial charge in [-0.2, -0.15) is 0 Å². The molecule has 0 aliphatic carbocycles. The molecule has 1 aromatic carbocycles. The Labute approximate surface area is 157 Å². The third kappa shape index (κ3) is 4.84. The molecule has 4 atom stereocenters. The van der Waals surface area contributed by atoms with Crippen molar-refractivity contribution < 1.29 is 32.9 Å². The fraction of sp³-hybridized carbons (Fsp3) is 0.588. The number of hydrogen-bond acceptors (Lipinski definition) is 7. The molecule has 0 aromatic heterocycles. The lowest BCUT2D eigenvalue weighted by molar-refractivity contribution is -0.139. The third-order valence-electron chi connectivity index (χ3n) is 4.73. The number of rotatable bonds is 6. The molecule has 0 bridgehead atoms. The average molecular weight is 400 g/mol. The Hall–Kier alpha value is -1.56. The lowest BCUT2D eigenvalue weighted by Gasteiger charge is -2.28. The van der Waals surface area contributed by atoms with Crippen molar-refractivity contribution in [2.45, 2.75) is 35.7 Å². The van der Waals surface area contributed by atoms with Crippen LogP contribution in [0.15, 0.2) is 35.2 Å². The molecule has 3 rings (SSSR count). The second-order valence-corrected chi connectivity index (χ2v) is 8.32. The fourth-order valence-electron chi connectivity index (χ4n) is 3.15. The van der Waals surface area contributed by atoms with Crippen LogP contribution in [0.25, 0.3) is 0 Å². The monoisotopic (exact) mass is 400 g/mol. The van der Waals surface area contributed by atoms with Gasteiger partial charge in [-0.25, -0.2) is 13.1 Å². The summed E-state index contributed by atoms with van der Waals surface area (Å²) in [6, 6.07) is 7.81. The summed E-state index contributed by atoms with van der Waals surface area (Å²) in [6.07, 6.45) is -4.46. The van der Waals surface area contributed by atoms with E-state index < -0.39 is 34.4 Å². The maximum Gasteiger partial charge on any atom is 0.240 e. The van der Waals surface area contributed by atoms with E-state index in [1.807, 2.05) is 0 Å². The summed E-state index contributed by atoms with van der Waals surface area (Å²) in [6.45, 7) is 1.67. The van der Waals surface area contributed by atoms with Gasteiger partial charge in [0, 0.05) is 19.6 Å². The van der Waals surface area contributed by atoms with Gasteiger partial charge in [-0.1, -0.05) is 18.2 Å². The molecule has 2 aliphatic rings. The number of carbonyl (C=O) groups excluding carboxylic acids is 1. The van der Waals surface area contributed by atoms with Crippen molar-refractivity contribution in [2.75, 3.05) is 32.8 Å². The minimum absolute atomic E-state index is 0.0832. The summed E-state index contributed by atoms with van der Waals surface area (Å²) in [5, 5.41) is 20.3. The second kappa shape index (κ2) is 8.63. The highest BCUT2D eigenvalue weighted by atomic mass is 32.2. The van der Waals surface area contributed by atoms with Crippen molar-refractivity contribution in [3.8, 4) is 0 Å². The van der Waals surface area contributed by atoms with Gasteiger partial charge in [0.1, 0.15) is 18.3 Å². The summed E-state index contributed by atoms with van der Waals surface area (Å²) in [5.74, 6) is -0.194. The van der Waals surface area contributed by atoms with Crippen LogP contribution in [0.3, 0.4) is 0 Å². The molecule has 2 heterocycles. The van der Waals surface area contributed by atoms with E-state index in [4.69, 9.17) is 9.47 Å². The first kappa shape index (κ1) is 20.2. The van der Waals surface area contributed by atoms with Crippen LogP contribution in [0.4, 0.5) is 0 Å². The van der Waals surface area contributed by atoms with Crippen LogP contribution in [0.2, 0.25) is 0 Å². The SMILES string of the molecule is O=C(C[C@@H]1O[C@H](CNS(=O)(=O)c2ccccc2)[C@@H](O)[C@H]1O)N1CCOCC1. The van der Waals surface area contributed by atoms with E-state index in [-0.39, 0.29) is 23.8 Å². The summed E-state index contributed by atoms with van der Waals surface area (Å²) in [7, 11) is -3.76. The van der Waals surface area contributed by atoms with Crippen LogP contribution in [-0.4, -0.2) is 86.7 Å². The van der Waals surface area contributed by atoms with Gasteiger partial charge in [-0.3, -0.25) is 4.79 Å². The quantitative estimate of drug-likeness (QED) is 0.542. The largest absolute Gasteiger partial charge is 0.388 e. The number of morpholine rings is 1. The lowest BCUT2D eigenvalue weighted by atomic mass is 10.1. The Bertz CT molecular complexity index is 737. The van der Waals surface area contributed by atoms with Crippen molar-refractivity contribution in [1.29, 1.82) is 0 Å². The number of aliphatic hydroxyl groups excluding tert-OH is 2. The number of sulfonamides is 1. The third-order valence-corrected chi connectivity index (χ3v) is 6.17. The van der Waals surface area contributed by atoms with Gasteiger partial charge in [0.05, 0.1) is 30.6 Å². The molecule has 3 N–H and O–H groups in total. The zero-order chi connectivity index (χ0) is 19.4. The Kier molecular flexibility index (Phi) is 6.45. The van der Waals surface area contributed by atoms with Gasteiger partial charge in [0.2, 0.25) is 15.9 Å². The van der Waals surface area contributed by atoms with Crippen molar-refractivity contribution in [1.82, 2.24) is 9.62 Å². The zero-order valence-electron chi connectivity index (χ0n) is 14.7. The van der Waals surface area contributed by atoms with Crippen molar-refractivity contribution in [2.24, 2.45) is 0 Å². The zero-order valence-corrected chi connectivity index (χ0v) is 15.5. The molecule has 0 spiro atoms. The molecular weight excluding hydrogens is 376 g/mol. The Morgan fingerprint density at radius 1 is 1.11 bits per heavy atom. The van der Waals surface area contributed by atoms with E-state index in [9.17, 15) is 23.4 Å². The van der Waals surface area contributed by atoms with Gasteiger partial charge >= 0.3 is 0 Å². The number of carbonyl (C=O) groups is 1. The first-order chi connectivity index (χ1) is 12.9. The predicted octanol–water partition coefficient (Wildman–Crippen LogP) is -1.30. The van der Waals surface area contributed by atoms with Gasteiger partial charge in [-0.15, -0.1) is 0 Å². The molecule has 1 aromatic rings. The van der Waals surface area contributed by atoms with E-state index in [0.717, 1.165) is 0 Å². The number of amides is 1. The molecular formula is C17H24N2O7S. The van der Waals surface area contributed by atoms with Crippen molar-refractivity contribution >= 4 is 15.9 Å². The highest BCUT2D eigenvalue weighted by Gasteiger charge is 2.44. The maximum atomic E-state index is 12.3. The van der Waals surface area contributed by atoms with Crippen molar-refractivity contribution in [3.63, 3.8) is 0 Å². The van der Waals surface area contributed by atoms with E-state index in [0.29, 0.717) is 26.3 Å². The number of nitrogens with zero attached hydrogens (tertiary/aromatic N) is 1. The van der Waals surface area contributed by atoms with Crippen LogP contribution in [-0.2, 0) is 24.3 Å². The number of hydrogen-bond donors (Lipinski definition) is 3. The molecule has 27 heavy (non-hydrogen) atoms. The Morgan fingerprint density at radius 2 is 1.74 bits per heavy atom. The van der Waals surface area contributed by atoms with E-state index in [1.54, 1.807) is 23.1 Å². The maximum absolute atomic E-state index is 12.3. The van der Waals surface area contributed by atoms with Crippen LogP contribution in [0, 0.1) is 0 Å². The summed E-state index contributed by atoms with van der Waals surface area (Å²) >= 11 is 0. The predicted molar refractivity (Wildman–Crippen MR) is 94.3 cm³/mol. The highest BCUT2D eigenvalue weighted by Crippen LogP contribution is 2.24. The molecule has 9 nitrogen and oxygen atoms in total. The summed E-state index contributed by atoms with van der Waals surface area (Å²) < 4.78 is 37.7. The average Bonchev–Trinajstić information content (AvgIpc) is 2.96. The number of nitrogens with one attached hydrogen (secondary N) is 1. The van der Waals surface area contributed by atoms with E-state index in [2.05, 4.69) is 4.72 Å². The molecule has 1 amide bonds. The highest BCUT2D eigenvalue weighted by molar-refractivity contribution is 7.89. The Morgan fingerprint density at radius 3 is 2.41 bits per heavy atom. The minimum Gasteiger partial charge on any atom is -0.388 e.